The summed E-state index contributed by atoms with van der Waals surface area (Å²) in [7, 11) is 0. The van der Waals surface area contributed by atoms with Gasteiger partial charge in [-0.15, -0.1) is 5.10 Å². The molecule has 0 unspecified atom stereocenters. The third kappa shape index (κ3) is 4.64. The number of hydrogen-bond donors (Lipinski definition) is 2. The molecular formula is C25H25FN6O4. The summed E-state index contributed by atoms with van der Waals surface area (Å²) in [6.45, 7) is -0.417. The Kier molecular flexibility index (Phi) is 6.36. The van der Waals surface area contributed by atoms with Crippen LogP contribution in [0, 0.1) is 5.82 Å². The molecule has 186 valence electrons. The molecule has 4 aromatic rings. The first-order chi connectivity index (χ1) is 17.4. The molecule has 5 rings (SSSR count). The molecule has 11 heteroatoms. The number of benzene rings is 2. The highest BCUT2D eigenvalue weighted by Gasteiger charge is 2.21. The van der Waals surface area contributed by atoms with Crippen molar-refractivity contribution in [3.63, 3.8) is 0 Å². The van der Waals surface area contributed by atoms with Crippen LogP contribution in [-0.2, 0) is 22.7 Å². The van der Waals surface area contributed by atoms with Crippen molar-refractivity contribution in [1.82, 2.24) is 24.1 Å². The van der Waals surface area contributed by atoms with Gasteiger partial charge < -0.3 is 10.6 Å². The van der Waals surface area contributed by atoms with Gasteiger partial charge in [0, 0.05) is 24.7 Å². The van der Waals surface area contributed by atoms with Crippen LogP contribution in [0.25, 0.3) is 16.7 Å². The predicted molar refractivity (Wildman–Crippen MR) is 131 cm³/mol. The number of carbonyl (C=O) groups is 2. The van der Waals surface area contributed by atoms with E-state index in [-0.39, 0.29) is 41.9 Å². The number of aromatic nitrogens is 4. The van der Waals surface area contributed by atoms with Gasteiger partial charge in [-0.3, -0.25) is 19.0 Å². The summed E-state index contributed by atoms with van der Waals surface area (Å²) < 4.78 is 16.9. The van der Waals surface area contributed by atoms with E-state index in [0.717, 1.165) is 36.4 Å². The van der Waals surface area contributed by atoms with Crippen LogP contribution in [0.15, 0.2) is 58.1 Å². The fourth-order valence-corrected chi connectivity index (χ4v) is 4.66. The number of hydrogen-bond acceptors (Lipinski definition) is 5. The topological polar surface area (TPSA) is 120 Å². The molecule has 2 aromatic heterocycles. The van der Waals surface area contributed by atoms with Gasteiger partial charge in [0.1, 0.15) is 12.4 Å². The standard InChI is InChI=1S/C25H25FN6O4/c26-16-6-5-9-18(14-16)28-22(34)15-31-25(36)32-20-11-4-3-10-19(20)23(35)30(24(32)29-31)13-12-21(33)27-17-7-1-2-8-17/h3-6,9-11,14,17H,1-2,7-8,12-13,15H2,(H,27,33)(H,28,34). The smallest absolute Gasteiger partial charge is 0.352 e. The first-order valence-corrected chi connectivity index (χ1v) is 11.9. The molecule has 1 saturated carbocycles. The van der Waals surface area contributed by atoms with Gasteiger partial charge in [-0.2, -0.15) is 0 Å². The van der Waals surface area contributed by atoms with Crippen LogP contribution in [0.2, 0.25) is 0 Å². The highest BCUT2D eigenvalue weighted by atomic mass is 19.1. The van der Waals surface area contributed by atoms with E-state index >= 15 is 0 Å². The molecular weight excluding hydrogens is 467 g/mol. The van der Waals surface area contributed by atoms with Gasteiger partial charge >= 0.3 is 5.69 Å². The minimum absolute atomic E-state index is 0.0255. The van der Waals surface area contributed by atoms with Crippen LogP contribution in [-0.4, -0.2) is 36.6 Å². The number of carbonyl (C=O) groups excluding carboxylic acids is 2. The summed E-state index contributed by atoms with van der Waals surface area (Å²) >= 11 is 0. The van der Waals surface area contributed by atoms with Gasteiger partial charge in [0.15, 0.2) is 0 Å². The number of amides is 2. The summed E-state index contributed by atoms with van der Waals surface area (Å²) in [6.07, 6.45) is 4.12. The Morgan fingerprint density at radius 1 is 1.03 bits per heavy atom. The number of nitrogens with one attached hydrogen (secondary N) is 2. The SMILES string of the molecule is O=C(Cn1nc2n(CCC(=O)NC3CCCC3)c(=O)c3ccccc3n2c1=O)Nc1cccc(F)c1. The zero-order valence-electron chi connectivity index (χ0n) is 19.4. The molecule has 0 spiro atoms. The highest BCUT2D eigenvalue weighted by Crippen LogP contribution is 2.18. The van der Waals surface area contributed by atoms with E-state index in [9.17, 15) is 23.6 Å². The maximum atomic E-state index is 13.4. The van der Waals surface area contributed by atoms with Crippen molar-refractivity contribution in [3.05, 3.63) is 75.2 Å². The molecule has 1 fully saturated rings. The van der Waals surface area contributed by atoms with Gasteiger partial charge in [-0.05, 0) is 43.2 Å². The van der Waals surface area contributed by atoms with Crippen molar-refractivity contribution in [2.45, 2.75) is 51.2 Å². The second kappa shape index (κ2) is 9.76. The van der Waals surface area contributed by atoms with E-state index in [0.29, 0.717) is 10.9 Å². The molecule has 0 bridgehead atoms. The summed E-state index contributed by atoms with van der Waals surface area (Å²) in [6, 6.07) is 12.2. The second-order valence-corrected chi connectivity index (χ2v) is 8.91. The Hall–Kier alpha value is -4.28. The molecule has 2 amide bonds. The van der Waals surface area contributed by atoms with E-state index in [1.54, 1.807) is 24.3 Å². The Labute approximate surface area is 204 Å². The van der Waals surface area contributed by atoms with Crippen LogP contribution < -0.4 is 21.9 Å². The number of anilines is 1. The van der Waals surface area contributed by atoms with Gasteiger partial charge in [0.05, 0.1) is 10.9 Å². The molecule has 36 heavy (non-hydrogen) atoms. The largest absolute Gasteiger partial charge is 0.353 e. The average Bonchev–Trinajstić information content (AvgIpc) is 3.47. The zero-order chi connectivity index (χ0) is 25.2. The van der Waals surface area contributed by atoms with Crippen molar-refractivity contribution < 1.29 is 14.0 Å². The summed E-state index contributed by atoms with van der Waals surface area (Å²) in [5, 5.41) is 10.1. The van der Waals surface area contributed by atoms with Crippen molar-refractivity contribution >= 4 is 34.2 Å². The fraction of sp³-hybridized carbons (Fsp3) is 0.320. The normalized spacial score (nSPS) is 13.9. The Bertz CT molecular complexity index is 1580. The summed E-state index contributed by atoms with van der Waals surface area (Å²) in [5.74, 6) is -1.22. The fourth-order valence-electron chi connectivity index (χ4n) is 4.66. The first kappa shape index (κ1) is 23.5. The number of aryl methyl sites for hydroxylation is 1. The lowest BCUT2D eigenvalue weighted by Gasteiger charge is -2.13. The lowest BCUT2D eigenvalue weighted by Crippen LogP contribution is -2.34. The number of halogens is 1. The molecule has 2 aromatic carbocycles. The molecule has 0 atom stereocenters. The monoisotopic (exact) mass is 492 g/mol. The predicted octanol–water partition coefficient (Wildman–Crippen LogP) is 2.04. The highest BCUT2D eigenvalue weighted by molar-refractivity contribution is 5.90. The van der Waals surface area contributed by atoms with Gasteiger partial charge in [0.25, 0.3) is 5.56 Å². The number of nitrogens with zero attached hydrogens (tertiary/aromatic N) is 4. The Morgan fingerprint density at radius 3 is 2.58 bits per heavy atom. The van der Waals surface area contributed by atoms with Crippen LogP contribution in [0.1, 0.15) is 32.1 Å². The van der Waals surface area contributed by atoms with E-state index in [1.807, 2.05) is 0 Å². The molecule has 0 saturated heterocycles. The zero-order valence-corrected chi connectivity index (χ0v) is 19.4. The van der Waals surface area contributed by atoms with Crippen LogP contribution >= 0.6 is 0 Å². The maximum absolute atomic E-state index is 13.4. The lowest BCUT2D eigenvalue weighted by atomic mass is 10.2. The van der Waals surface area contributed by atoms with E-state index in [4.69, 9.17) is 0 Å². The average molecular weight is 493 g/mol. The number of para-hydroxylation sites is 1. The first-order valence-electron chi connectivity index (χ1n) is 11.9. The van der Waals surface area contributed by atoms with Gasteiger partial charge in [-0.25, -0.2) is 18.3 Å². The van der Waals surface area contributed by atoms with E-state index in [1.165, 1.54) is 27.2 Å². The molecule has 0 radical (unpaired) electrons. The third-order valence-electron chi connectivity index (χ3n) is 6.37. The minimum atomic E-state index is -0.611. The Balaban J connectivity index is 1.47. The van der Waals surface area contributed by atoms with Crippen molar-refractivity contribution in [1.29, 1.82) is 0 Å². The summed E-state index contributed by atoms with van der Waals surface area (Å²) in [5.41, 5.74) is -0.397. The Morgan fingerprint density at radius 2 is 1.81 bits per heavy atom. The molecule has 10 nitrogen and oxygen atoms in total. The van der Waals surface area contributed by atoms with Crippen LogP contribution in [0.3, 0.4) is 0 Å². The number of fused-ring (bicyclic) bond motifs is 3. The molecule has 1 aliphatic rings. The maximum Gasteiger partial charge on any atom is 0.352 e. The molecule has 2 heterocycles. The van der Waals surface area contributed by atoms with Crippen molar-refractivity contribution in [2.75, 3.05) is 5.32 Å². The second-order valence-electron chi connectivity index (χ2n) is 8.91. The lowest BCUT2D eigenvalue weighted by molar-refractivity contribution is -0.122. The van der Waals surface area contributed by atoms with Gasteiger partial charge in [-0.1, -0.05) is 31.0 Å². The van der Waals surface area contributed by atoms with Crippen molar-refractivity contribution in [3.8, 4) is 0 Å². The third-order valence-corrected chi connectivity index (χ3v) is 6.37. The minimum Gasteiger partial charge on any atom is -0.353 e. The van der Waals surface area contributed by atoms with Gasteiger partial charge in [0.2, 0.25) is 17.6 Å². The number of rotatable bonds is 7. The molecule has 0 aliphatic heterocycles. The van der Waals surface area contributed by atoms with E-state index in [2.05, 4.69) is 15.7 Å². The van der Waals surface area contributed by atoms with Crippen molar-refractivity contribution in [2.24, 2.45) is 0 Å². The molecule has 1 aliphatic carbocycles. The quantitative estimate of drug-likeness (QED) is 0.409. The van der Waals surface area contributed by atoms with Crippen LogP contribution in [0.5, 0.6) is 0 Å². The van der Waals surface area contributed by atoms with E-state index < -0.39 is 24.0 Å². The van der Waals surface area contributed by atoms with Crippen LogP contribution in [0.4, 0.5) is 10.1 Å². The summed E-state index contributed by atoms with van der Waals surface area (Å²) in [4.78, 5) is 51.6. The molecule has 2 N–H and O–H groups in total.